The summed E-state index contributed by atoms with van der Waals surface area (Å²) in [4.78, 5) is 0. The smallest absolute Gasteiger partial charge is 0.238 e. The largest absolute Gasteiger partial charge is 0.438 e. The molecule has 4 rings (SSSR count). The number of hydrogen-bond acceptors (Lipinski definition) is 6. The van der Waals surface area contributed by atoms with E-state index in [1.165, 1.54) is 0 Å². The molecule has 1 aliphatic carbocycles. The van der Waals surface area contributed by atoms with Crippen molar-refractivity contribution in [3.63, 3.8) is 0 Å². The Kier molecular flexibility index (Phi) is 3.85. The van der Waals surface area contributed by atoms with Gasteiger partial charge in [-0.25, -0.2) is 13.1 Å². The van der Waals surface area contributed by atoms with Crippen LogP contribution in [0.1, 0.15) is 12.8 Å². The van der Waals surface area contributed by atoms with E-state index in [1.807, 2.05) is 0 Å². The summed E-state index contributed by atoms with van der Waals surface area (Å²) < 4.78 is 33.6. The van der Waals surface area contributed by atoms with Crippen LogP contribution < -0.4 is 9.46 Å². The zero-order chi connectivity index (χ0) is 17.3. The Morgan fingerprint density at radius 3 is 2.48 bits per heavy atom. The molecule has 1 N–H and O–H groups in total. The normalized spacial score (nSPS) is 14.2. The fraction of sp³-hybridized carbons (Fsp3) is 0.188. The average molecular weight is 357 g/mol. The molecule has 0 bridgehead atoms. The van der Waals surface area contributed by atoms with E-state index in [1.54, 1.807) is 59.5 Å². The Morgan fingerprint density at radius 2 is 1.88 bits per heavy atom. The summed E-state index contributed by atoms with van der Waals surface area (Å²) in [6.45, 7) is 0. The highest BCUT2D eigenvalue weighted by atomic mass is 32.2. The maximum absolute atomic E-state index is 11.9. The summed E-state index contributed by atoms with van der Waals surface area (Å²) >= 11 is 0. The van der Waals surface area contributed by atoms with Crippen molar-refractivity contribution in [1.82, 2.24) is 20.0 Å². The van der Waals surface area contributed by atoms with Crippen LogP contribution in [0.2, 0.25) is 0 Å². The van der Waals surface area contributed by atoms with Gasteiger partial charge in [-0.05, 0) is 49.2 Å². The SMILES string of the molecule is O=S(=O)(Nc1ccc(Oc2ccc(-n3cccn3)nn2)cc1)C1CC1. The molecule has 1 saturated carbocycles. The molecular formula is C16H15N5O3S. The molecule has 0 amide bonds. The van der Waals surface area contributed by atoms with Crippen molar-refractivity contribution in [1.29, 1.82) is 0 Å². The van der Waals surface area contributed by atoms with Crippen molar-refractivity contribution in [2.75, 3.05) is 4.72 Å². The molecule has 3 aromatic rings. The van der Waals surface area contributed by atoms with Gasteiger partial charge in [0.05, 0.1) is 5.25 Å². The minimum absolute atomic E-state index is 0.257. The van der Waals surface area contributed by atoms with Gasteiger partial charge in [-0.1, -0.05) is 0 Å². The van der Waals surface area contributed by atoms with E-state index in [4.69, 9.17) is 4.74 Å². The Labute approximate surface area is 144 Å². The van der Waals surface area contributed by atoms with Crippen LogP contribution in [-0.4, -0.2) is 33.6 Å². The maximum atomic E-state index is 11.9. The predicted octanol–water partition coefficient (Wildman–Crippen LogP) is 2.36. The zero-order valence-corrected chi connectivity index (χ0v) is 13.9. The second-order valence-corrected chi connectivity index (χ2v) is 7.61. The summed E-state index contributed by atoms with van der Waals surface area (Å²) in [5.41, 5.74) is 0.513. The number of anilines is 1. The topological polar surface area (TPSA) is 99.0 Å². The van der Waals surface area contributed by atoms with Gasteiger partial charge in [0.1, 0.15) is 5.75 Å². The average Bonchev–Trinajstić information content (AvgIpc) is 3.34. The van der Waals surface area contributed by atoms with E-state index in [0.29, 0.717) is 23.1 Å². The molecule has 25 heavy (non-hydrogen) atoms. The Balaban J connectivity index is 1.42. The van der Waals surface area contributed by atoms with Gasteiger partial charge < -0.3 is 4.74 Å². The van der Waals surface area contributed by atoms with E-state index in [9.17, 15) is 8.42 Å². The lowest BCUT2D eigenvalue weighted by atomic mass is 10.3. The number of nitrogens with one attached hydrogen (secondary N) is 1. The van der Waals surface area contributed by atoms with Gasteiger partial charge in [-0.3, -0.25) is 4.72 Å². The summed E-state index contributed by atoms with van der Waals surface area (Å²) in [5.74, 6) is 1.46. The first-order valence-electron chi connectivity index (χ1n) is 7.73. The second-order valence-electron chi connectivity index (χ2n) is 5.65. The molecule has 0 aliphatic heterocycles. The van der Waals surface area contributed by atoms with Gasteiger partial charge in [0.25, 0.3) is 0 Å². The van der Waals surface area contributed by atoms with Gasteiger partial charge >= 0.3 is 0 Å². The van der Waals surface area contributed by atoms with E-state index in [-0.39, 0.29) is 5.25 Å². The third-order valence-electron chi connectivity index (χ3n) is 3.67. The number of sulfonamides is 1. The van der Waals surface area contributed by atoms with E-state index in [0.717, 1.165) is 12.8 Å². The van der Waals surface area contributed by atoms with Crippen LogP contribution in [0.3, 0.4) is 0 Å². The van der Waals surface area contributed by atoms with E-state index >= 15 is 0 Å². The molecule has 0 saturated heterocycles. The number of ether oxygens (including phenoxy) is 1. The van der Waals surface area contributed by atoms with Gasteiger partial charge in [0, 0.05) is 24.1 Å². The molecule has 9 heteroatoms. The molecule has 0 unspecified atom stereocenters. The molecule has 1 fully saturated rings. The second kappa shape index (κ2) is 6.17. The van der Waals surface area contributed by atoms with Crippen molar-refractivity contribution < 1.29 is 13.2 Å². The van der Waals surface area contributed by atoms with E-state index in [2.05, 4.69) is 20.0 Å². The van der Waals surface area contributed by atoms with Crippen molar-refractivity contribution in [3.05, 3.63) is 54.9 Å². The number of aromatic nitrogens is 4. The molecule has 8 nitrogen and oxygen atoms in total. The summed E-state index contributed by atoms with van der Waals surface area (Å²) in [7, 11) is -3.26. The molecule has 2 heterocycles. The number of nitrogens with zero attached hydrogens (tertiary/aromatic N) is 4. The van der Waals surface area contributed by atoms with Gasteiger partial charge in [0.15, 0.2) is 5.82 Å². The highest BCUT2D eigenvalue weighted by molar-refractivity contribution is 7.93. The minimum atomic E-state index is -3.26. The van der Waals surface area contributed by atoms with Crippen molar-refractivity contribution >= 4 is 15.7 Å². The highest BCUT2D eigenvalue weighted by Crippen LogP contribution is 2.30. The van der Waals surface area contributed by atoms with Crippen LogP contribution in [0.15, 0.2) is 54.9 Å². The maximum Gasteiger partial charge on any atom is 0.238 e. The number of rotatable bonds is 6. The Morgan fingerprint density at radius 1 is 1.08 bits per heavy atom. The first-order chi connectivity index (χ1) is 12.1. The summed E-state index contributed by atoms with van der Waals surface area (Å²) in [6.07, 6.45) is 4.88. The number of hydrogen-bond donors (Lipinski definition) is 1. The monoisotopic (exact) mass is 357 g/mol. The molecule has 2 aromatic heterocycles. The summed E-state index contributed by atoms with van der Waals surface area (Å²) in [5, 5.41) is 11.9. The Bertz CT molecular complexity index is 950. The van der Waals surface area contributed by atoms with Crippen molar-refractivity contribution in [2.24, 2.45) is 0 Å². The molecule has 0 spiro atoms. The molecule has 1 aliphatic rings. The molecule has 0 atom stereocenters. The highest BCUT2D eigenvalue weighted by Gasteiger charge is 2.35. The molecule has 1 aromatic carbocycles. The van der Waals surface area contributed by atoms with Crippen LogP contribution in [0.4, 0.5) is 5.69 Å². The van der Waals surface area contributed by atoms with Crippen LogP contribution in [0.5, 0.6) is 11.6 Å². The quantitative estimate of drug-likeness (QED) is 0.727. The first-order valence-corrected chi connectivity index (χ1v) is 9.28. The fourth-order valence-electron chi connectivity index (χ4n) is 2.23. The lowest BCUT2D eigenvalue weighted by Gasteiger charge is -2.08. The zero-order valence-electron chi connectivity index (χ0n) is 13.1. The van der Waals surface area contributed by atoms with Crippen molar-refractivity contribution in [3.8, 4) is 17.4 Å². The minimum Gasteiger partial charge on any atom is -0.438 e. The van der Waals surface area contributed by atoms with Crippen LogP contribution in [-0.2, 0) is 10.0 Å². The fourth-order valence-corrected chi connectivity index (χ4v) is 3.62. The van der Waals surface area contributed by atoms with Crippen LogP contribution >= 0.6 is 0 Å². The van der Waals surface area contributed by atoms with Gasteiger partial charge in [-0.2, -0.15) is 5.10 Å². The van der Waals surface area contributed by atoms with Crippen LogP contribution in [0.25, 0.3) is 5.82 Å². The Hall–Kier alpha value is -2.94. The number of benzene rings is 1. The third-order valence-corrected chi connectivity index (χ3v) is 5.53. The standard InChI is InChI=1S/C16H15N5O3S/c22-25(23,14-6-7-14)20-12-2-4-13(5-3-12)24-16-9-8-15(18-19-16)21-11-1-10-17-21/h1-5,8-11,14,20H,6-7H2. The van der Waals surface area contributed by atoms with Crippen LogP contribution in [0, 0.1) is 0 Å². The predicted molar refractivity (Wildman–Crippen MR) is 91.2 cm³/mol. The van der Waals surface area contributed by atoms with Gasteiger partial charge in [-0.15, -0.1) is 10.2 Å². The van der Waals surface area contributed by atoms with Gasteiger partial charge in [0.2, 0.25) is 15.9 Å². The third kappa shape index (κ3) is 3.61. The van der Waals surface area contributed by atoms with E-state index < -0.39 is 10.0 Å². The molecular weight excluding hydrogens is 342 g/mol. The molecule has 0 radical (unpaired) electrons. The lowest BCUT2D eigenvalue weighted by Crippen LogP contribution is -2.17. The van der Waals surface area contributed by atoms with Crippen molar-refractivity contribution in [2.45, 2.75) is 18.1 Å². The first kappa shape index (κ1) is 15.6. The molecule has 128 valence electrons. The lowest BCUT2D eigenvalue weighted by molar-refractivity contribution is 0.454. The summed E-state index contributed by atoms with van der Waals surface area (Å²) in [6, 6.07) is 11.9.